The van der Waals surface area contributed by atoms with E-state index in [0.717, 1.165) is 23.4 Å². The highest BCUT2D eigenvalue weighted by Gasteiger charge is 2.11. The highest BCUT2D eigenvalue weighted by Crippen LogP contribution is 2.17. The van der Waals surface area contributed by atoms with E-state index >= 15 is 0 Å². The van der Waals surface area contributed by atoms with Crippen molar-refractivity contribution in [3.8, 4) is 0 Å². The van der Waals surface area contributed by atoms with Gasteiger partial charge in [-0.05, 0) is 30.2 Å². The van der Waals surface area contributed by atoms with E-state index in [1.54, 1.807) is 6.07 Å². The maximum Gasteiger partial charge on any atom is 0.123 e. The predicted octanol–water partition coefficient (Wildman–Crippen LogP) is 2.36. The van der Waals surface area contributed by atoms with Gasteiger partial charge in [0, 0.05) is 25.2 Å². The monoisotopic (exact) mass is 247 g/mol. The zero-order valence-corrected chi connectivity index (χ0v) is 10.7. The summed E-state index contributed by atoms with van der Waals surface area (Å²) in [7, 11) is 1.91. The van der Waals surface area contributed by atoms with Crippen LogP contribution in [-0.2, 0) is 19.9 Å². The Morgan fingerprint density at radius 2 is 2.17 bits per heavy atom. The van der Waals surface area contributed by atoms with Crippen LogP contribution >= 0.6 is 0 Å². The predicted molar refractivity (Wildman–Crippen MR) is 69.6 cm³/mol. The molecule has 4 heteroatoms. The van der Waals surface area contributed by atoms with E-state index in [0.29, 0.717) is 6.42 Å². The summed E-state index contributed by atoms with van der Waals surface area (Å²) in [5, 5.41) is 4.38. The summed E-state index contributed by atoms with van der Waals surface area (Å²) in [4.78, 5) is 0. The Kier molecular flexibility index (Phi) is 3.77. The quantitative estimate of drug-likeness (QED) is 0.901. The molecular weight excluding hydrogens is 229 g/mol. The number of halogens is 1. The molecule has 0 bridgehead atoms. The molecule has 0 fully saturated rings. The van der Waals surface area contributed by atoms with Crippen LogP contribution in [0.2, 0.25) is 0 Å². The van der Waals surface area contributed by atoms with E-state index < -0.39 is 0 Å². The van der Waals surface area contributed by atoms with Crippen molar-refractivity contribution in [2.45, 2.75) is 25.8 Å². The Balaban J connectivity index is 2.15. The number of hydrogen-bond donors (Lipinski definition) is 1. The topological polar surface area (TPSA) is 43.8 Å². The van der Waals surface area contributed by atoms with E-state index in [1.807, 2.05) is 17.8 Å². The zero-order valence-electron chi connectivity index (χ0n) is 10.7. The molecule has 3 nitrogen and oxygen atoms in total. The number of nitrogens with zero attached hydrogens (tertiary/aromatic N) is 2. The van der Waals surface area contributed by atoms with E-state index in [2.05, 4.69) is 18.1 Å². The largest absolute Gasteiger partial charge is 0.324 e. The lowest BCUT2D eigenvalue weighted by Crippen LogP contribution is -2.15. The van der Waals surface area contributed by atoms with Crippen LogP contribution in [-0.4, -0.2) is 9.78 Å². The Hall–Kier alpha value is -1.68. The van der Waals surface area contributed by atoms with E-state index in [-0.39, 0.29) is 11.9 Å². The van der Waals surface area contributed by atoms with Gasteiger partial charge >= 0.3 is 0 Å². The van der Waals surface area contributed by atoms with Crippen molar-refractivity contribution in [1.29, 1.82) is 0 Å². The lowest BCUT2D eigenvalue weighted by molar-refractivity contribution is 0.610. The van der Waals surface area contributed by atoms with Crippen LogP contribution < -0.4 is 5.73 Å². The first-order valence-electron chi connectivity index (χ1n) is 6.13. The van der Waals surface area contributed by atoms with Crippen molar-refractivity contribution >= 4 is 0 Å². The molecule has 18 heavy (non-hydrogen) atoms. The highest BCUT2D eigenvalue weighted by atomic mass is 19.1. The summed E-state index contributed by atoms with van der Waals surface area (Å²) < 4.78 is 15.0. The number of rotatable bonds is 4. The molecule has 1 unspecified atom stereocenters. The number of aromatic nitrogens is 2. The van der Waals surface area contributed by atoms with Gasteiger partial charge in [0.1, 0.15) is 5.82 Å². The van der Waals surface area contributed by atoms with Crippen LogP contribution in [0.25, 0.3) is 0 Å². The lowest BCUT2D eigenvalue weighted by atomic mass is 10.0. The third-order valence-electron chi connectivity index (χ3n) is 3.10. The summed E-state index contributed by atoms with van der Waals surface area (Å²) in [5.41, 5.74) is 9.05. The molecule has 0 saturated carbocycles. The van der Waals surface area contributed by atoms with Gasteiger partial charge in [-0.2, -0.15) is 5.10 Å². The molecule has 2 N–H and O–H groups in total. The maximum atomic E-state index is 13.1. The second-order valence-corrected chi connectivity index (χ2v) is 4.47. The second kappa shape index (κ2) is 5.31. The summed E-state index contributed by atoms with van der Waals surface area (Å²) >= 11 is 0. The minimum absolute atomic E-state index is 0.208. The fourth-order valence-corrected chi connectivity index (χ4v) is 2.02. The fourth-order valence-electron chi connectivity index (χ4n) is 2.02. The molecule has 2 aromatic rings. The third kappa shape index (κ3) is 2.76. The van der Waals surface area contributed by atoms with Crippen LogP contribution in [0.15, 0.2) is 30.3 Å². The minimum Gasteiger partial charge on any atom is -0.324 e. The van der Waals surface area contributed by atoms with Crippen molar-refractivity contribution < 1.29 is 4.39 Å². The summed E-state index contributed by atoms with van der Waals surface area (Å²) in [6.45, 7) is 2.07. The number of nitrogens with two attached hydrogens (primary N) is 1. The molecule has 1 atom stereocenters. The molecule has 1 heterocycles. The molecule has 0 aliphatic carbocycles. The standard InChI is InChI=1S/C14H18FN3/c1-3-12-8-13(18(2)17-12)9-14(16)10-5-4-6-11(15)7-10/h4-8,14H,3,9,16H2,1-2H3. The Labute approximate surface area is 106 Å². The zero-order chi connectivity index (χ0) is 13.1. The third-order valence-corrected chi connectivity index (χ3v) is 3.10. The molecule has 1 aromatic carbocycles. The first kappa shape index (κ1) is 12.8. The van der Waals surface area contributed by atoms with Crippen LogP contribution in [0.4, 0.5) is 4.39 Å². The minimum atomic E-state index is -0.248. The molecule has 0 aliphatic rings. The van der Waals surface area contributed by atoms with Crippen molar-refractivity contribution in [2.24, 2.45) is 12.8 Å². The Bertz CT molecular complexity index is 534. The molecule has 0 saturated heterocycles. The molecule has 0 radical (unpaired) electrons. The first-order valence-corrected chi connectivity index (χ1v) is 6.13. The van der Waals surface area contributed by atoms with Gasteiger partial charge in [-0.3, -0.25) is 4.68 Å². The second-order valence-electron chi connectivity index (χ2n) is 4.47. The molecule has 96 valence electrons. The molecule has 1 aromatic heterocycles. The SMILES string of the molecule is CCc1cc(CC(N)c2cccc(F)c2)n(C)n1. The van der Waals surface area contributed by atoms with Gasteiger partial charge in [-0.25, -0.2) is 4.39 Å². The van der Waals surface area contributed by atoms with Crippen LogP contribution in [0.3, 0.4) is 0 Å². The number of aryl methyl sites for hydroxylation is 2. The van der Waals surface area contributed by atoms with E-state index in [4.69, 9.17) is 5.73 Å². The van der Waals surface area contributed by atoms with Crippen molar-refractivity contribution in [1.82, 2.24) is 9.78 Å². The van der Waals surface area contributed by atoms with Crippen LogP contribution in [0.1, 0.15) is 29.9 Å². The summed E-state index contributed by atoms with van der Waals surface area (Å²) in [6, 6.07) is 8.30. The van der Waals surface area contributed by atoms with Gasteiger partial charge in [0.05, 0.1) is 5.69 Å². The first-order chi connectivity index (χ1) is 8.60. The summed E-state index contributed by atoms with van der Waals surface area (Å²) in [5.74, 6) is -0.248. The molecule has 2 rings (SSSR count). The number of hydrogen-bond acceptors (Lipinski definition) is 2. The van der Waals surface area contributed by atoms with Crippen molar-refractivity contribution in [3.05, 3.63) is 53.1 Å². The molecule has 0 aliphatic heterocycles. The van der Waals surface area contributed by atoms with Crippen LogP contribution in [0, 0.1) is 5.82 Å². The molecular formula is C14H18FN3. The smallest absolute Gasteiger partial charge is 0.123 e. The molecule has 0 spiro atoms. The Morgan fingerprint density at radius 3 is 2.78 bits per heavy atom. The van der Waals surface area contributed by atoms with Gasteiger partial charge in [-0.1, -0.05) is 19.1 Å². The van der Waals surface area contributed by atoms with Crippen molar-refractivity contribution in [3.63, 3.8) is 0 Å². The normalized spacial score (nSPS) is 12.7. The van der Waals surface area contributed by atoms with Gasteiger partial charge < -0.3 is 5.73 Å². The number of benzene rings is 1. The Morgan fingerprint density at radius 1 is 1.39 bits per heavy atom. The average Bonchev–Trinajstić information content (AvgIpc) is 2.70. The van der Waals surface area contributed by atoms with Gasteiger partial charge in [-0.15, -0.1) is 0 Å². The summed E-state index contributed by atoms with van der Waals surface area (Å²) in [6.07, 6.45) is 1.57. The maximum absolute atomic E-state index is 13.1. The molecule has 0 amide bonds. The van der Waals surface area contributed by atoms with Crippen molar-refractivity contribution in [2.75, 3.05) is 0 Å². The van der Waals surface area contributed by atoms with E-state index in [9.17, 15) is 4.39 Å². The van der Waals surface area contributed by atoms with E-state index in [1.165, 1.54) is 12.1 Å². The lowest BCUT2D eigenvalue weighted by Gasteiger charge is -2.12. The van der Waals surface area contributed by atoms with Gasteiger partial charge in [0.25, 0.3) is 0 Å². The van der Waals surface area contributed by atoms with Gasteiger partial charge in [0.2, 0.25) is 0 Å². The average molecular weight is 247 g/mol. The van der Waals surface area contributed by atoms with Crippen LogP contribution in [0.5, 0.6) is 0 Å². The van der Waals surface area contributed by atoms with Gasteiger partial charge in [0.15, 0.2) is 0 Å². The highest BCUT2D eigenvalue weighted by molar-refractivity contribution is 5.22. The fraction of sp³-hybridized carbons (Fsp3) is 0.357.